The Hall–Kier alpha value is -3.48. The Labute approximate surface area is 163 Å². The number of methoxy groups -OCH3 is 3. The predicted octanol–water partition coefficient (Wildman–Crippen LogP) is 3.11. The Morgan fingerprint density at radius 2 is 1.68 bits per heavy atom. The molecule has 0 spiro atoms. The largest absolute Gasteiger partial charge is 0.493 e. The number of imide groups is 1. The average Bonchev–Trinajstić information content (AvgIpc) is 2.94. The van der Waals surface area contributed by atoms with Crippen LogP contribution in [0.25, 0.3) is 6.08 Å². The molecule has 146 valence electrons. The highest BCUT2D eigenvalue weighted by molar-refractivity contribution is 6.13. The molecule has 28 heavy (non-hydrogen) atoms. The number of hydrogen-bond acceptors (Lipinski definition) is 5. The Balaban J connectivity index is 1.89. The van der Waals surface area contributed by atoms with Crippen molar-refractivity contribution < 1.29 is 23.8 Å². The van der Waals surface area contributed by atoms with Crippen LogP contribution < -0.4 is 19.5 Å². The second kappa shape index (κ2) is 8.04. The van der Waals surface area contributed by atoms with Gasteiger partial charge in [-0.3, -0.25) is 9.69 Å². The molecule has 3 rings (SSSR count). The molecule has 2 aromatic rings. The van der Waals surface area contributed by atoms with Crippen molar-refractivity contribution in [1.29, 1.82) is 0 Å². The van der Waals surface area contributed by atoms with Crippen molar-refractivity contribution in [1.82, 2.24) is 10.2 Å². The molecule has 1 heterocycles. The molecule has 1 fully saturated rings. The number of carbonyl (C=O) groups is 2. The third-order valence-electron chi connectivity index (χ3n) is 4.38. The van der Waals surface area contributed by atoms with E-state index in [2.05, 4.69) is 5.32 Å². The van der Waals surface area contributed by atoms with E-state index in [1.165, 1.54) is 26.2 Å². The molecule has 2 aromatic carbocycles. The summed E-state index contributed by atoms with van der Waals surface area (Å²) in [4.78, 5) is 26.2. The lowest BCUT2D eigenvalue weighted by molar-refractivity contribution is -0.123. The number of nitrogens with one attached hydrogen (secondary N) is 1. The maximum Gasteiger partial charge on any atom is 0.329 e. The zero-order valence-electron chi connectivity index (χ0n) is 16.2. The Morgan fingerprint density at radius 1 is 1.00 bits per heavy atom. The van der Waals surface area contributed by atoms with Crippen LogP contribution in [0.1, 0.15) is 16.7 Å². The minimum absolute atomic E-state index is 0.187. The van der Waals surface area contributed by atoms with E-state index >= 15 is 0 Å². The summed E-state index contributed by atoms with van der Waals surface area (Å²) in [5.41, 5.74) is 2.78. The molecule has 0 atom stereocenters. The third-order valence-corrected chi connectivity index (χ3v) is 4.38. The molecule has 7 nitrogen and oxygen atoms in total. The van der Waals surface area contributed by atoms with E-state index in [0.29, 0.717) is 22.8 Å². The van der Waals surface area contributed by atoms with E-state index in [9.17, 15) is 9.59 Å². The Kier molecular flexibility index (Phi) is 5.54. The van der Waals surface area contributed by atoms with Gasteiger partial charge in [-0.2, -0.15) is 0 Å². The van der Waals surface area contributed by atoms with E-state index < -0.39 is 6.03 Å². The van der Waals surface area contributed by atoms with Gasteiger partial charge in [0.25, 0.3) is 5.91 Å². The molecule has 0 unspecified atom stereocenters. The highest BCUT2D eigenvalue weighted by Gasteiger charge is 2.33. The van der Waals surface area contributed by atoms with Crippen LogP contribution in [-0.4, -0.2) is 38.2 Å². The lowest BCUT2D eigenvalue weighted by Gasteiger charge is -2.13. The fraction of sp³-hybridized carbons (Fsp3) is 0.238. The predicted molar refractivity (Wildman–Crippen MR) is 104 cm³/mol. The fourth-order valence-corrected chi connectivity index (χ4v) is 3.06. The van der Waals surface area contributed by atoms with Gasteiger partial charge in [0.05, 0.1) is 27.9 Å². The van der Waals surface area contributed by atoms with Gasteiger partial charge in [-0.1, -0.05) is 29.8 Å². The van der Waals surface area contributed by atoms with Crippen LogP contribution >= 0.6 is 0 Å². The van der Waals surface area contributed by atoms with Crippen LogP contribution in [0, 0.1) is 6.92 Å². The molecule has 3 amide bonds. The first-order chi connectivity index (χ1) is 13.5. The van der Waals surface area contributed by atoms with E-state index in [-0.39, 0.29) is 18.1 Å². The van der Waals surface area contributed by atoms with Crippen molar-refractivity contribution in [2.45, 2.75) is 13.5 Å². The lowest BCUT2D eigenvalue weighted by Crippen LogP contribution is -2.30. The number of amides is 3. The summed E-state index contributed by atoms with van der Waals surface area (Å²) in [6.45, 7) is 2.17. The molecule has 1 aliphatic rings. The van der Waals surface area contributed by atoms with Gasteiger partial charge in [0.2, 0.25) is 5.75 Å². The number of benzene rings is 2. The summed E-state index contributed by atoms with van der Waals surface area (Å²) < 4.78 is 16.0. The highest BCUT2D eigenvalue weighted by atomic mass is 16.5. The second-order valence-corrected chi connectivity index (χ2v) is 6.33. The van der Waals surface area contributed by atoms with E-state index in [1.54, 1.807) is 18.2 Å². The molecule has 7 heteroatoms. The molecule has 1 saturated heterocycles. The van der Waals surface area contributed by atoms with Gasteiger partial charge in [0.1, 0.15) is 5.70 Å². The van der Waals surface area contributed by atoms with Crippen molar-refractivity contribution in [2.24, 2.45) is 0 Å². The molecule has 0 bridgehead atoms. The van der Waals surface area contributed by atoms with Crippen molar-refractivity contribution >= 4 is 18.0 Å². The molecule has 0 aromatic heterocycles. The zero-order valence-corrected chi connectivity index (χ0v) is 16.2. The average molecular weight is 382 g/mol. The fourth-order valence-electron chi connectivity index (χ4n) is 3.06. The molecule has 0 saturated carbocycles. The molecule has 0 radical (unpaired) electrons. The first-order valence-corrected chi connectivity index (χ1v) is 8.67. The van der Waals surface area contributed by atoms with Gasteiger partial charge in [-0.15, -0.1) is 0 Å². The first-order valence-electron chi connectivity index (χ1n) is 8.67. The highest BCUT2D eigenvalue weighted by Crippen LogP contribution is 2.38. The summed E-state index contributed by atoms with van der Waals surface area (Å²) in [6.07, 6.45) is 1.58. The van der Waals surface area contributed by atoms with Gasteiger partial charge in [0.15, 0.2) is 11.5 Å². The quantitative estimate of drug-likeness (QED) is 0.614. The maximum absolute atomic E-state index is 12.7. The van der Waals surface area contributed by atoms with Crippen molar-refractivity contribution in [3.8, 4) is 17.2 Å². The lowest BCUT2D eigenvalue weighted by atomic mass is 10.1. The monoisotopic (exact) mass is 382 g/mol. The minimum Gasteiger partial charge on any atom is -0.493 e. The van der Waals surface area contributed by atoms with Crippen LogP contribution in [0.3, 0.4) is 0 Å². The number of rotatable bonds is 6. The van der Waals surface area contributed by atoms with Gasteiger partial charge in [0, 0.05) is 0 Å². The maximum atomic E-state index is 12.7. The van der Waals surface area contributed by atoms with Gasteiger partial charge in [-0.05, 0) is 36.3 Å². The Morgan fingerprint density at radius 3 is 2.25 bits per heavy atom. The normalized spacial score (nSPS) is 15.0. The molecular formula is C21H22N2O5. The van der Waals surface area contributed by atoms with Crippen LogP contribution in [0.15, 0.2) is 42.1 Å². The Bertz CT molecular complexity index is 927. The molecule has 0 aliphatic carbocycles. The van der Waals surface area contributed by atoms with Crippen LogP contribution in [0.5, 0.6) is 17.2 Å². The number of hydrogen-bond donors (Lipinski definition) is 1. The molecular weight excluding hydrogens is 360 g/mol. The number of urea groups is 1. The van der Waals surface area contributed by atoms with Crippen LogP contribution in [0.4, 0.5) is 4.79 Å². The molecule has 1 aliphatic heterocycles. The third kappa shape index (κ3) is 3.78. The van der Waals surface area contributed by atoms with Gasteiger partial charge >= 0.3 is 6.03 Å². The number of carbonyl (C=O) groups excluding carboxylic acids is 2. The summed E-state index contributed by atoms with van der Waals surface area (Å²) in [6, 6.07) is 10.6. The smallest absolute Gasteiger partial charge is 0.329 e. The summed E-state index contributed by atoms with van der Waals surface area (Å²) >= 11 is 0. The standard InChI is InChI=1S/C21H22N2O5/c1-13-6-5-7-14(8-13)12-23-20(24)16(22-21(23)25)9-15-10-17(26-2)19(28-4)18(11-15)27-3/h5-11H,12H2,1-4H3,(H,22,25)/b16-9+. The minimum atomic E-state index is -0.454. The van der Waals surface area contributed by atoms with Crippen molar-refractivity contribution in [3.05, 3.63) is 58.8 Å². The van der Waals surface area contributed by atoms with Gasteiger partial charge in [-0.25, -0.2) is 4.79 Å². The number of ether oxygens (including phenoxy) is 3. The zero-order chi connectivity index (χ0) is 20.3. The van der Waals surface area contributed by atoms with E-state index in [1.807, 2.05) is 31.2 Å². The molecule has 1 N–H and O–H groups in total. The van der Waals surface area contributed by atoms with E-state index in [4.69, 9.17) is 14.2 Å². The number of aryl methyl sites for hydroxylation is 1. The summed E-state index contributed by atoms with van der Waals surface area (Å²) in [5.74, 6) is 0.986. The van der Waals surface area contributed by atoms with Crippen LogP contribution in [0.2, 0.25) is 0 Å². The summed E-state index contributed by atoms with van der Waals surface area (Å²) in [5, 5.41) is 2.63. The van der Waals surface area contributed by atoms with Gasteiger partial charge < -0.3 is 19.5 Å². The van der Waals surface area contributed by atoms with E-state index in [0.717, 1.165) is 11.1 Å². The van der Waals surface area contributed by atoms with Crippen LogP contribution in [-0.2, 0) is 11.3 Å². The second-order valence-electron chi connectivity index (χ2n) is 6.33. The summed E-state index contributed by atoms with van der Waals surface area (Å²) in [7, 11) is 4.54. The SMILES string of the molecule is COc1cc(/C=C2/NC(=O)N(Cc3cccc(C)c3)C2=O)cc(OC)c1OC. The number of nitrogens with zero attached hydrogens (tertiary/aromatic N) is 1. The van der Waals surface area contributed by atoms with Crippen molar-refractivity contribution in [2.75, 3.05) is 21.3 Å². The van der Waals surface area contributed by atoms with Crippen molar-refractivity contribution in [3.63, 3.8) is 0 Å². The topological polar surface area (TPSA) is 77.1 Å². The first kappa shape index (κ1) is 19.3.